The zero-order chi connectivity index (χ0) is 28.6. The summed E-state index contributed by atoms with van der Waals surface area (Å²) in [6.45, 7) is 8.43. The quantitative estimate of drug-likeness (QED) is 0.158. The molecule has 0 radical (unpaired) electrons. The number of rotatable bonds is 4. The predicted octanol–water partition coefficient (Wildman–Crippen LogP) is 9.83. The van der Waals surface area contributed by atoms with Gasteiger partial charge < -0.3 is 9.47 Å². The molecule has 0 unspecified atom stereocenters. The second-order valence-electron chi connectivity index (χ2n) is 10.1. The summed E-state index contributed by atoms with van der Waals surface area (Å²) in [5.41, 5.74) is 7.36. The maximum absolute atomic E-state index is 5.46. The number of aryl methyl sites for hydroxylation is 2. The summed E-state index contributed by atoms with van der Waals surface area (Å²) < 4.78 is 12.3. The Balaban J connectivity index is 0.000000164. The van der Waals surface area contributed by atoms with Gasteiger partial charge in [0, 0.05) is 11.1 Å². The van der Waals surface area contributed by atoms with Crippen molar-refractivity contribution in [3.8, 4) is 33.8 Å². The van der Waals surface area contributed by atoms with Gasteiger partial charge in [-0.25, -0.2) is 0 Å². The molecule has 3 heteroatoms. The van der Waals surface area contributed by atoms with Gasteiger partial charge in [-0.15, -0.1) is 69.1 Å². The van der Waals surface area contributed by atoms with Crippen molar-refractivity contribution in [3.63, 3.8) is 0 Å². The Bertz CT molecular complexity index is 1610. The monoisotopic (exact) mass is 560 g/mol. The Morgan fingerprint density at radius 3 is 1.27 bits per heavy atom. The second kappa shape index (κ2) is 13.6. The van der Waals surface area contributed by atoms with E-state index in [4.69, 9.17) is 9.47 Å². The fraction of sp³-hybridized carbons (Fsp3) is 0.162. The average Bonchev–Trinajstić information content (AvgIpc) is 3.53. The van der Waals surface area contributed by atoms with Crippen LogP contribution >= 0.6 is 0 Å². The SMILES string of the molecule is COc1ccccc1-c1cccc2[cH-]c(C)cc12.COc1ccccc1-c1cccc2[cH-]c(C)cc12.C[C](C)=[Ti+2]. The van der Waals surface area contributed by atoms with E-state index in [2.05, 4.69) is 120 Å². The van der Waals surface area contributed by atoms with Crippen LogP contribution in [0.3, 0.4) is 0 Å². The van der Waals surface area contributed by atoms with E-state index >= 15 is 0 Å². The fourth-order valence-corrected chi connectivity index (χ4v) is 4.97. The van der Waals surface area contributed by atoms with E-state index in [9.17, 15) is 0 Å². The van der Waals surface area contributed by atoms with Gasteiger partial charge in [0.05, 0.1) is 14.2 Å². The molecular formula is C37H36O2Ti. The topological polar surface area (TPSA) is 18.5 Å². The minimum absolute atomic E-state index is 0.920. The molecular weight excluding hydrogens is 524 g/mol. The Labute approximate surface area is 249 Å². The van der Waals surface area contributed by atoms with E-state index in [1.807, 2.05) is 36.4 Å². The first-order chi connectivity index (χ1) is 19.3. The van der Waals surface area contributed by atoms with Crippen molar-refractivity contribution >= 4 is 25.4 Å². The third kappa shape index (κ3) is 6.88. The summed E-state index contributed by atoms with van der Waals surface area (Å²) in [6, 6.07) is 38.0. The van der Waals surface area contributed by atoms with Gasteiger partial charge in [0.25, 0.3) is 0 Å². The van der Waals surface area contributed by atoms with Gasteiger partial charge in [-0.05, 0) is 12.1 Å². The summed E-state index contributed by atoms with van der Waals surface area (Å²) in [4.78, 5) is 0. The van der Waals surface area contributed by atoms with Gasteiger partial charge >= 0.3 is 37.6 Å². The van der Waals surface area contributed by atoms with Crippen LogP contribution in [0.1, 0.15) is 25.0 Å². The van der Waals surface area contributed by atoms with Gasteiger partial charge in [-0.2, -0.15) is 12.1 Å². The molecule has 0 aliphatic carbocycles. The average molecular weight is 561 g/mol. The van der Waals surface area contributed by atoms with Crippen molar-refractivity contribution in [2.75, 3.05) is 14.2 Å². The molecule has 200 valence electrons. The van der Waals surface area contributed by atoms with Crippen LogP contribution < -0.4 is 9.47 Å². The minimum atomic E-state index is 0.920. The van der Waals surface area contributed by atoms with E-state index in [-0.39, 0.29) is 0 Å². The standard InChI is InChI=1S/2C17H15O.C3H6.Ti/c2*1-12-10-13-6-5-8-14(16(13)11-12)15-7-3-4-9-17(15)18-2;1-3-2;/h2*3-11H,1-2H3;1-2H3;/q2*-1;;+2. The number of hydrogen-bond donors (Lipinski definition) is 0. The Morgan fingerprint density at radius 2 is 0.900 bits per heavy atom. The molecule has 0 aliphatic rings. The molecule has 6 aromatic rings. The zero-order valence-corrected chi connectivity index (χ0v) is 25.8. The number of fused-ring (bicyclic) bond motifs is 2. The van der Waals surface area contributed by atoms with Crippen LogP contribution in [0.25, 0.3) is 43.8 Å². The van der Waals surface area contributed by atoms with Crippen molar-refractivity contribution in [2.24, 2.45) is 0 Å². The van der Waals surface area contributed by atoms with Gasteiger partial charge in [-0.1, -0.05) is 73.5 Å². The molecule has 0 saturated heterocycles. The molecule has 2 nitrogen and oxygen atoms in total. The van der Waals surface area contributed by atoms with Crippen molar-refractivity contribution in [3.05, 3.63) is 120 Å². The molecule has 0 aliphatic heterocycles. The van der Waals surface area contributed by atoms with Gasteiger partial charge in [0.15, 0.2) is 0 Å². The van der Waals surface area contributed by atoms with Crippen LogP contribution in [0, 0.1) is 13.8 Å². The van der Waals surface area contributed by atoms with E-state index < -0.39 is 0 Å². The molecule has 0 atom stereocenters. The molecule has 0 saturated carbocycles. The van der Waals surface area contributed by atoms with Crippen LogP contribution in [0.2, 0.25) is 0 Å². The molecule has 0 aromatic heterocycles. The number of para-hydroxylation sites is 2. The molecule has 0 bridgehead atoms. The molecule has 0 N–H and O–H groups in total. The summed E-state index contributed by atoms with van der Waals surface area (Å²) in [5, 5.41) is 5.16. The van der Waals surface area contributed by atoms with E-state index in [1.54, 1.807) is 14.2 Å². The number of ether oxygens (including phenoxy) is 2. The second-order valence-corrected chi connectivity index (χ2v) is 11.6. The molecule has 0 heterocycles. The first kappa shape index (κ1) is 29.3. The Kier molecular flexibility index (Phi) is 9.93. The van der Waals surface area contributed by atoms with Crippen LogP contribution in [0.5, 0.6) is 11.5 Å². The third-order valence-electron chi connectivity index (χ3n) is 6.58. The van der Waals surface area contributed by atoms with E-state index in [1.165, 1.54) is 47.6 Å². The first-order valence-corrected chi connectivity index (χ1v) is 14.2. The zero-order valence-electron chi connectivity index (χ0n) is 24.2. The first-order valence-electron chi connectivity index (χ1n) is 13.4. The molecule has 6 rings (SSSR count). The van der Waals surface area contributed by atoms with Crippen LogP contribution in [0.15, 0.2) is 109 Å². The van der Waals surface area contributed by atoms with Gasteiger partial charge in [0.1, 0.15) is 11.5 Å². The number of hydrogen-bond acceptors (Lipinski definition) is 2. The molecule has 6 aromatic carbocycles. The molecule has 0 amide bonds. The summed E-state index contributed by atoms with van der Waals surface area (Å²) in [6.07, 6.45) is 0. The Hall–Kier alpha value is -3.72. The van der Waals surface area contributed by atoms with Gasteiger partial charge in [0.2, 0.25) is 0 Å². The molecule has 40 heavy (non-hydrogen) atoms. The third-order valence-corrected chi connectivity index (χ3v) is 6.58. The summed E-state index contributed by atoms with van der Waals surface area (Å²) >= 11 is 2.08. The maximum atomic E-state index is 5.46. The van der Waals surface area contributed by atoms with E-state index in [0.29, 0.717) is 0 Å². The predicted molar refractivity (Wildman–Crippen MR) is 169 cm³/mol. The number of methoxy groups -OCH3 is 2. The van der Waals surface area contributed by atoms with Crippen molar-refractivity contribution < 1.29 is 29.4 Å². The normalized spacial score (nSPS) is 10.4. The summed E-state index contributed by atoms with van der Waals surface area (Å²) in [5.74, 6) is 1.84. The fourth-order valence-electron chi connectivity index (χ4n) is 4.97. The van der Waals surface area contributed by atoms with Crippen molar-refractivity contribution in [2.45, 2.75) is 27.7 Å². The van der Waals surface area contributed by atoms with Crippen molar-refractivity contribution in [1.29, 1.82) is 0 Å². The summed E-state index contributed by atoms with van der Waals surface area (Å²) in [7, 11) is 3.43. The molecule has 0 spiro atoms. The Morgan fingerprint density at radius 1 is 0.550 bits per heavy atom. The van der Waals surface area contributed by atoms with Crippen molar-refractivity contribution in [1.82, 2.24) is 0 Å². The van der Waals surface area contributed by atoms with Crippen LogP contribution in [-0.4, -0.2) is 18.0 Å². The number of benzene rings is 4. The van der Waals surface area contributed by atoms with Gasteiger partial charge in [-0.3, -0.25) is 0 Å². The van der Waals surface area contributed by atoms with Crippen LogP contribution in [0.4, 0.5) is 0 Å². The van der Waals surface area contributed by atoms with E-state index in [0.717, 1.165) is 22.6 Å². The van der Waals surface area contributed by atoms with Crippen LogP contribution in [-0.2, 0) is 20.0 Å². The molecule has 0 fully saturated rings.